The molecule has 144 valence electrons. The maximum Gasteiger partial charge on any atom is 0.408 e. The molecule has 0 aliphatic carbocycles. The molecule has 0 aromatic carbocycles. The number of carboxylic acid groups (broad SMARTS) is 2. The van der Waals surface area contributed by atoms with Crippen molar-refractivity contribution in [1.82, 2.24) is 9.80 Å². The number of amides is 2. The Hall–Kier alpha value is -1.52. The Bertz CT molecular complexity index is 716. The summed E-state index contributed by atoms with van der Waals surface area (Å²) < 4.78 is 6.22. The van der Waals surface area contributed by atoms with Gasteiger partial charge in [-0.1, -0.05) is 20.8 Å². The van der Waals surface area contributed by atoms with E-state index in [9.17, 15) is 24.6 Å². The summed E-state index contributed by atoms with van der Waals surface area (Å²) >= 11 is 1.30. The number of carboxylic acids is 1. The molecule has 2 amide bonds. The van der Waals surface area contributed by atoms with Crippen LogP contribution in [0.4, 0.5) is 4.79 Å². The molecule has 10 heteroatoms. The standard InChI is InChI=1S/C16H24N2O6SSi/c1-16(2,3)26(4,5)24-6-8-9(14(20)21)18-10-11(13(18)19)17(15(22)23)7-25-12(8)10/h9-11H,6-7H2,1-5H3,(H,20,21)(H,22,23)/t9?,10-,11-/m0/s1. The lowest BCUT2D eigenvalue weighted by Crippen LogP contribution is -2.73. The molecule has 8 nitrogen and oxygen atoms in total. The van der Waals surface area contributed by atoms with E-state index in [1.54, 1.807) is 0 Å². The third kappa shape index (κ3) is 2.66. The van der Waals surface area contributed by atoms with Crippen molar-refractivity contribution in [3.05, 3.63) is 10.5 Å². The van der Waals surface area contributed by atoms with Gasteiger partial charge in [-0.15, -0.1) is 11.8 Å². The predicted molar refractivity (Wildman–Crippen MR) is 98.3 cm³/mol. The Morgan fingerprint density at radius 3 is 2.38 bits per heavy atom. The number of carbonyl (C=O) groups is 3. The number of thioether (sulfide) groups is 1. The fourth-order valence-corrected chi connectivity index (χ4v) is 5.58. The quantitative estimate of drug-likeness (QED) is 0.549. The van der Waals surface area contributed by atoms with Crippen molar-refractivity contribution in [2.75, 3.05) is 12.5 Å². The molecule has 0 spiro atoms. The van der Waals surface area contributed by atoms with Crippen LogP contribution in [0.15, 0.2) is 10.5 Å². The second-order valence-corrected chi connectivity index (χ2v) is 14.1. The minimum atomic E-state index is -2.09. The number of hydrogen-bond donors (Lipinski definition) is 2. The lowest BCUT2D eigenvalue weighted by molar-refractivity contribution is -0.163. The molecule has 0 radical (unpaired) electrons. The predicted octanol–water partition coefficient (Wildman–Crippen LogP) is 1.99. The van der Waals surface area contributed by atoms with E-state index >= 15 is 0 Å². The van der Waals surface area contributed by atoms with Crippen LogP contribution in [0.5, 0.6) is 0 Å². The summed E-state index contributed by atoms with van der Waals surface area (Å²) in [5.41, 5.74) is 0.596. The van der Waals surface area contributed by atoms with Crippen LogP contribution < -0.4 is 0 Å². The van der Waals surface area contributed by atoms with Crippen LogP contribution >= 0.6 is 11.8 Å². The monoisotopic (exact) mass is 400 g/mol. The molecular formula is C16H24N2O6SSi. The van der Waals surface area contributed by atoms with Gasteiger partial charge in [0.1, 0.15) is 6.04 Å². The molecule has 1 unspecified atom stereocenters. The fourth-order valence-electron chi connectivity index (χ4n) is 3.31. The average molecular weight is 401 g/mol. The highest BCUT2D eigenvalue weighted by atomic mass is 32.2. The summed E-state index contributed by atoms with van der Waals surface area (Å²) in [5.74, 6) is -1.42. The van der Waals surface area contributed by atoms with E-state index in [0.717, 1.165) is 9.81 Å². The summed E-state index contributed by atoms with van der Waals surface area (Å²) in [6, 6.07) is -2.36. The van der Waals surface area contributed by atoms with Crippen LogP contribution in [0.2, 0.25) is 18.1 Å². The smallest absolute Gasteiger partial charge is 0.408 e. The van der Waals surface area contributed by atoms with Crippen molar-refractivity contribution in [3.63, 3.8) is 0 Å². The first-order chi connectivity index (χ1) is 11.9. The SMILES string of the molecule is CC(C)(C)[Si](C)(C)OCC1=C2SCN(C(=O)O)[C@@H]3C(=O)N(C1C(=O)O)[C@H]23. The van der Waals surface area contributed by atoms with Gasteiger partial charge in [-0.05, 0) is 23.7 Å². The first-order valence-electron chi connectivity index (χ1n) is 8.42. The number of hydrogen-bond acceptors (Lipinski definition) is 5. The molecule has 0 bridgehead atoms. The topological polar surface area (TPSA) is 107 Å². The molecule has 0 aromatic heterocycles. The minimum Gasteiger partial charge on any atom is -0.479 e. The Kier molecular flexibility index (Phi) is 4.44. The first kappa shape index (κ1) is 19.2. The second-order valence-electron chi connectivity index (χ2n) is 8.34. The fraction of sp³-hybridized carbons (Fsp3) is 0.688. The summed E-state index contributed by atoms with van der Waals surface area (Å²) in [6.45, 7) is 10.7. The summed E-state index contributed by atoms with van der Waals surface area (Å²) in [5, 5.41) is 19.0. The van der Waals surface area contributed by atoms with Crippen LogP contribution in [-0.4, -0.2) is 76.9 Å². The highest BCUT2D eigenvalue weighted by Crippen LogP contribution is 2.50. The molecule has 0 saturated carbocycles. The maximum atomic E-state index is 12.5. The molecule has 3 rings (SSSR count). The third-order valence-corrected chi connectivity index (χ3v) is 11.6. The average Bonchev–Trinajstić information content (AvgIpc) is 2.83. The maximum absolute atomic E-state index is 12.5. The Labute approximate surface area is 157 Å². The van der Waals surface area contributed by atoms with Crippen LogP contribution in [0.3, 0.4) is 0 Å². The molecule has 26 heavy (non-hydrogen) atoms. The number of carbonyl (C=O) groups excluding carboxylic acids is 1. The second kappa shape index (κ2) is 6.00. The van der Waals surface area contributed by atoms with Crippen molar-refractivity contribution in [3.8, 4) is 0 Å². The summed E-state index contributed by atoms with van der Waals surface area (Å²) in [7, 11) is -2.09. The zero-order valence-corrected chi connectivity index (χ0v) is 17.3. The number of nitrogens with zero attached hydrogens (tertiary/aromatic N) is 2. The van der Waals surface area contributed by atoms with E-state index in [1.165, 1.54) is 16.7 Å². The van der Waals surface area contributed by atoms with Crippen molar-refractivity contribution in [2.45, 2.75) is 57.0 Å². The van der Waals surface area contributed by atoms with Crippen LogP contribution in [0, 0.1) is 0 Å². The van der Waals surface area contributed by atoms with Crippen LogP contribution in [0.1, 0.15) is 20.8 Å². The highest BCUT2D eigenvalue weighted by molar-refractivity contribution is 8.03. The van der Waals surface area contributed by atoms with Gasteiger partial charge in [0.2, 0.25) is 5.91 Å². The van der Waals surface area contributed by atoms with Crippen molar-refractivity contribution < 1.29 is 29.0 Å². The Morgan fingerprint density at radius 2 is 1.88 bits per heavy atom. The first-order valence-corrected chi connectivity index (χ1v) is 12.3. The number of aliphatic carboxylic acids is 1. The summed E-state index contributed by atoms with van der Waals surface area (Å²) in [4.78, 5) is 38.9. The van der Waals surface area contributed by atoms with Gasteiger partial charge in [0.25, 0.3) is 0 Å². The lowest BCUT2D eigenvalue weighted by Gasteiger charge is -2.51. The molecular weight excluding hydrogens is 376 g/mol. The Morgan fingerprint density at radius 1 is 1.27 bits per heavy atom. The van der Waals surface area contributed by atoms with Gasteiger partial charge in [0.05, 0.1) is 18.5 Å². The van der Waals surface area contributed by atoms with E-state index in [0.29, 0.717) is 5.57 Å². The number of rotatable bonds is 4. The molecule has 2 N–H and O–H groups in total. The molecule has 2 saturated heterocycles. The van der Waals surface area contributed by atoms with Crippen LogP contribution in [0.25, 0.3) is 0 Å². The van der Waals surface area contributed by atoms with E-state index in [4.69, 9.17) is 4.43 Å². The zero-order chi connectivity index (χ0) is 19.6. The van der Waals surface area contributed by atoms with E-state index in [-0.39, 0.29) is 17.5 Å². The lowest BCUT2D eigenvalue weighted by atomic mass is 9.95. The van der Waals surface area contributed by atoms with Crippen LogP contribution in [-0.2, 0) is 14.0 Å². The van der Waals surface area contributed by atoms with Gasteiger partial charge in [-0.25, -0.2) is 9.59 Å². The van der Waals surface area contributed by atoms with E-state index in [1.807, 2.05) is 0 Å². The van der Waals surface area contributed by atoms with Gasteiger partial charge in [-0.3, -0.25) is 9.69 Å². The highest BCUT2D eigenvalue weighted by Gasteiger charge is 2.64. The van der Waals surface area contributed by atoms with Crippen molar-refractivity contribution in [1.29, 1.82) is 0 Å². The normalized spacial score (nSPS) is 28.2. The summed E-state index contributed by atoms with van der Waals surface area (Å²) in [6.07, 6.45) is -1.16. The van der Waals surface area contributed by atoms with Gasteiger partial charge in [0.15, 0.2) is 14.4 Å². The third-order valence-electron chi connectivity index (χ3n) is 5.87. The van der Waals surface area contributed by atoms with E-state index < -0.39 is 44.4 Å². The van der Waals surface area contributed by atoms with Gasteiger partial charge < -0.3 is 19.5 Å². The molecule has 0 aromatic rings. The zero-order valence-electron chi connectivity index (χ0n) is 15.5. The number of β-lactam (4-membered cyclic amide) rings is 1. The van der Waals surface area contributed by atoms with Crippen molar-refractivity contribution in [2.24, 2.45) is 0 Å². The van der Waals surface area contributed by atoms with Gasteiger partial charge in [-0.2, -0.15) is 0 Å². The molecule has 3 heterocycles. The molecule has 2 fully saturated rings. The van der Waals surface area contributed by atoms with Crippen molar-refractivity contribution >= 4 is 38.0 Å². The minimum absolute atomic E-state index is 0.0208. The van der Waals surface area contributed by atoms with E-state index in [2.05, 4.69) is 33.9 Å². The Balaban J connectivity index is 1.91. The largest absolute Gasteiger partial charge is 0.479 e. The molecule has 3 aliphatic heterocycles. The van der Waals surface area contributed by atoms with Gasteiger partial charge in [0, 0.05) is 4.91 Å². The molecule has 3 aliphatic rings. The van der Waals surface area contributed by atoms with Gasteiger partial charge >= 0.3 is 12.1 Å². The molecule has 3 atom stereocenters.